The topological polar surface area (TPSA) is 88.1 Å². The zero-order valence-corrected chi connectivity index (χ0v) is 18.3. The van der Waals surface area contributed by atoms with E-state index in [4.69, 9.17) is 9.72 Å². The van der Waals surface area contributed by atoms with Gasteiger partial charge in [-0.2, -0.15) is 14.9 Å². The second kappa shape index (κ2) is 7.97. The van der Waals surface area contributed by atoms with Crippen LogP contribution in [0.25, 0.3) is 16.9 Å². The summed E-state index contributed by atoms with van der Waals surface area (Å²) in [6, 6.07) is 12.5. The van der Waals surface area contributed by atoms with Gasteiger partial charge in [0, 0.05) is 35.6 Å². The number of hydrogen-bond donors (Lipinski definition) is 1. The first-order chi connectivity index (χ1) is 15.6. The number of benzene rings is 1. The number of aromatic nitrogens is 4. The smallest absolute Gasteiger partial charge is 0.161 e. The average molecular weight is 425 g/mol. The number of methoxy groups -OCH3 is 1. The third kappa shape index (κ3) is 3.54. The van der Waals surface area contributed by atoms with Crippen LogP contribution < -0.4 is 10.1 Å². The summed E-state index contributed by atoms with van der Waals surface area (Å²) in [6.45, 7) is 4.27. The van der Waals surface area contributed by atoms with E-state index in [1.165, 1.54) is 11.1 Å². The van der Waals surface area contributed by atoms with Crippen molar-refractivity contribution in [2.75, 3.05) is 12.4 Å². The molecule has 0 radical (unpaired) electrons. The number of fused-ring (bicyclic) bond motifs is 2. The quantitative estimate of drug-likeness (QED) is 0.512. The molecular weight excluding hydrogens is 400 g/mol. The van der Waals surface area contributed by atoms with Crippen molar-refractivity contribution in [3.63, 3.8) is 0 Å². The summed E-state index contributed by atoms with van der Waals surface area (Å²) in [4.78, 5) is 9.11. The number of pyridine rings is 1. The fourth-order valence-corrected chi connectivity index (χ4v) is 4.31. The van der Waals surface area contributed by atoms with Gasteiger partial charge in [-0.05, 0) is 48.1 Å². The van der Waals surface area contributed by atoms with E-state index in [1.807, 2.05) is 28.9 Å². The normalized spacial score (nSPS) is 15.0. The molecule has 0 fully saturated rings. The number of rotatable bonds is 5. The molecule has 32 heavy (non-hydrogen) atoms. The Kier molecular flexibility index (Phi) is 4.98. The van der Waals surface area contributed by atoms with Crippen LogP contribution in [0.15, 0.2) is 48.9 Å². The Hall–Kier alpha value is -3.92. The van der Waals surface area contributed by atoms with Crippen molar-refractivity contribution in [3.05, 3.63) is 71.2 Å². The molecule has 1 atom stereocenters. The maximum absolute atomic E-state index is 9.29. The molecule has 1 aromatic carbocycles. The van der Waals surface area contributed by atoms with E-state index in [0.717, 1.165) is 46.9 Å². The standard InChI is InChI=1S/C25H24N6O/c1-15(2)22-14-28-31-24(29-20-7-17-4-5-21(32-3)9-18(17)8-20)10-23(30-25(22)31)19-6-16(11-26)12-27-13-19/h4-6,9-10,12-15,20,29H,7-8H2,1-3H3. The zero-order valence-electron chi connectivity index (χ0n) is 18.3. The summed E-state index contributed by atoms with van der Waals surface area (Å²) in [5.41, 5.74) is 6.63. The predicted octanol–water partition coefficient (Wildman–Crippen LogP) is 4.37. The van der Waals surface area contributed by atoms with Gasteiger partial charge >= 0.3 is 0 Å². The maximum atomic E-state index is 9.29. The number of anilines is 1. The lowest BCUT2D eigenvalue weighted by atomic mass is 10.1. The van der Waals surface area contributed by atoms with Gasteiger partial charge in [-0.3, -0.25) is 4.98 Å². The van der Waals surface area contributed by atoms with Gasteiger partial charge in [-0.1, -0.05) is 19.9 Å². The second-order valence-corrected chi connectivity index (χ2v) is 8.47. The zero-order chi connectivity index (χ0) is 22.2. The van der Waals surface area contributed by atoms with Crippen molar-refractivity contribution in [2.24, 2.45) is 0 Å². The molecule has 7 heteroatoms. The van der Waals surface area contributed by atoms with E-state index in [2.05, 4.69) is 47.4 Å². The number of nitrogens with one attached hydrogen (secondary N) is 1. The Morgan fingerprint density at radius 3 is 2.75 bits per heavy atom. The summed E-state index contributed by atoms with van der Waals surface area (Å²) in [7, 11) is 1.70. The molecule has 7 nitrogen and oxygen atoms in total. The highest BCUT2D eigenvalue weighted by molar-refractivity contribution is 5.68. The van der Waals surface area contributed by atoms with Gasteiger partial charge in [0.1, 0.15) is 17.6 Å². The van der Waals surface area contributed by atoms with Crippen LogP contribution in [-0.2, 0) is 12.8 Å². The molecule has 3 aromatic heterocycles. The minimum Gasteiger partial charge on any atom is -0.497 e. The molecule has 160 valence electrons. The Balaban J connectivity index is 1.55. The third-order valence-electron chi connectivity index (χ3n) is 5.98. The molecule has 0 saturated heterocycles. The van der Waals surface area contributed by atoms with Crippen molar-refractivity contribution in [1.29, 1.82) is 5.26 Å². The van der Waals surface area contributed by atoms with Gasteiger partial charge in [-0.15, -0.1) is 0 Å². The van der Waals surface area contributed by atoms with Crippen LogP contribution in [0.5, 0.6) is 5.75 Å². The molecule has 0 saturated carbocycles. The summed E-state index contributed by atoms with van der Waals surface area (Å²) < 4.78 is 7.27. The molecule has 1 N–H and O–H groups in total. The van der Waals surface area contributed by atoms with Crippen LogP contribution in [0.2, 0.25) is 0 Å². The molecule has 0 spiro atoms. The van der Waals surface area contributed by atoms with Crippen molar-refractivity contribution in [3.8, 4) is 23.1 Å². The Morgan fingerprint density at radius 2 is 1.97 bits per heavy atom. The van der Waals surface area contributed by atoms with E-state index in [9.17, 15) is 5.26 Å². The van der Waals surface area contributed by atoms with Gasteiger partial charge < -0.3 is 10.1 Å². The lowest BCUT2D eigenvalue weighted by Crippen LogP contribution is -2.21. The summed E-state index contributed by atoms with van der Waals surface area (Å²) in [5.74, 6) is 2.05. The minimum absolute atomic E-state index is 0.242. The van der Waals surface area contributed by atoms with Gasteiger partial charge in [0.05, 0.1) is 24.6 Å². The predicted molar refractivity (Wildman–Crippen MR) is 123 cm³/mol. The van der Waals surface area contributed by atoms with Crippen LogP contribution in [0.4, 0.5) is 5.82 Å². The number of hydrogen-bond acceptors (Lipinski definition) is 6. The molecule has 0 amide bonds. The Labute approximate surface area is 186 Å². The Bertz CT molecular complexity index is 1350. The fraction of sp³-hybridized carbons (Fsp3) is 0.280. The van der Waals surface area contributed by atoms with Crippen molar-refractivity contribution < 1.29 is 4.74 Å². The molecular formula is C25H24N6O. The summed E-state index contributed by atoms with van der Waals surface area (Å²) in [6.07, 6.45) is 7.04. The molecule has 1 aliphatic carbocycles. The molecule has 5 rings (SSSR count). The highest BCUT2D eigenvalue weighted by Gasteiger charge is 2.24. The first-order valence-electron chi connectivity index (χ1n) is 10.7. The molecule has 3 heterocycles. The summed E-state index contributed by atoms with van der Waals surface area (Å²) >= 11 is 0. The van der Waals surface area contributed by atoms with Crippen LogP contribution >= 0.6 is 0 Å². The maximum Gasteiger partial charge on any atom is 0.161 e. The van der Waals surface area contributed by atoms with Gasteiger partial charge in [0.25, 0.3) is 0 Å². The van der Waals surface area contributed by atoms with Crippen LogP contribution in [-0.4, -0.2) is 32.7 Å². The molecule has 1 aliphatic rings. The lowest BCUT2D eigenvalue weighted by molar-refractivity contribution is 0.414. The fourth-order valence-electron chi connectivity index (χ4n) is 4.31. The monoisotopic (exact) mass is 424 g/mol. The number of ether oxygens (including phenoxy) is 1. The largest absolute Gasteiger partial charge is 0.497 e. The van der Waals surface area contributed by atoms with Gasteiger partial charge in [-0.25, -0.2) is 4.98 Å². The van der Waals surface area contributed by atoms with E-state index in [-0.39, 0.29) is 12.0 Å². The van der Waals surface area contributed by atoms with Gasteiger partial charge in [0.2, 0.25) is 0 Å². The molecule has 4 aromatic rings. The van der Waals surface area contributed by atoms with E-state index in [0.29, 0.717) is 5.56 Å². The number of nitriles is 1. The SMILES string of the molecule is COc1ccc2c(c1)CC(Nc1cc(-c3cncc(C#N)c3)nc3c(C(C)C)cnn13)C2. The van der Waals surface area contributed by atoms with Crippen LogP contribution in [0.1, 0.15) is 42.0 Å². The lowest BCUT2D eigenvalue weighted by Gasteiger charge is -2.16. The molecule has 1 unspecified atom stereocenters. The van der Waals surface area contributed by atoms with Gasteiger partial charge in [0.15, 0.2) is 5.65 Å². The van der Waals surface area contributed by atoms with E-state index in [1.54, 1.807) is 19.5 Å². The Morgan fingerprint density at radius 1 is 1.12 bits per heavy atom. The van der Waals surface area contributed by atoms with E-state index >= 15 is 0 Å². The average Bonchev–Trinajstić information content (AvgIpc) is 3.42. The first kappa shape index (κ1) is 20.0. The minimum atomic E-state index is 0.242. The van der Waals surface area contributed by atoms with Crippen molar-refractivity contribution in [1.82, 2.24) is 19.6 Å². The van der Waals surface area contributed by atoms with E-state index < -0.39 is 0 Å². The first-order valence-corrected chi connectivity index (χ1v) is 10.7. The highest BCUT2D eigenvalue weighted by Crippen LogP contribution is 2.31. The summed E-state index contributed by atoms with van der Waals surface area (Å²) in [5, 5.41) is 17.6. The second-order valence-electron chi connectivity index (χ2n) is 8.47. The van der Waals surface area contributed by atoms with Crippen molar-refractivity contribution in [2.45, 2.75) is 38.6 Å². The molecule has 0 aliphatic heterocycles. The number of nitrogens with zero attached hydrogens (tertiary/aromatic N) is 5. The molecule has 0 bridgehead atoms. The van der Waals surface area contributed by atoms with Crippen molar-refractivity contribution >= 4 is 11.5 Å². The highest BCUT2D eigenvalue weighted by atomic mass is 16.5. The van der Waals surface area contributed by atoms with Crippen LogP contribution in [0, 0.1) is 11.3 Å². The van der Waals surface area contributed by atoms with Crippen LogP contribution in [0.3, 0.4) is 0 Å². The third-order valence-corrected chi connectivity index (χ3v) is 5.98.